The highest BCUT2D eigenvalue weighted by Gasteiger charge is 2.27. The van der Waals surface area contributed by atoms with E-state index in [1.54, 1.807) is 6.33 Å². The van der Waals surface area contributed by atoms with E-state index >= 15 is 0 Å². The summed E-state index contributed by atoms with van der Waals surface area (Å²) in [5.74, 6) is 0.705. The van der Waals surface area contributed by atoms with E-state index < -0.39 is 0 Å². The number of rotatable bonds is 12. The number of aryl methyl sites for hydroxylation is 3. The van der Waals surface area contributed by atoms with E-state index in [2.05, 4.69) is 16.4 Å². The maximum Gasteiger partial charge on any atom is 0.305 e. The highest BCUT2D eigenvalue weighted by atomic mass is 32.1. The molecular weight excluding hydrogens is 500 g/mol. The van der Waals surface area contributed by atoms with Crippen LogP contribution in [-0.4, -0.2) is 34.6 Å². The van der Waals surface area contributed by atoms with Crippen LogP contribution >= 0.6 is 11.3 Å². The molecule has 1 aliphatic rings. The number of ether oxygens (including phenoxy) is 2. The van der Waals surface area contributed by atoms with Gasteiger partial charge in [0.25, 0.3) is 0 Å². The molecule has 1 aromatic carbocycles. The van der Waals surface area contributed by atoms with Crippen molar-refractivity contribution in [3.63, 3.8) is 0 Å². The lowest BCUT2D eigenvalue weighted by molar-refractivity contribution is -0.145. The van der Waals surface area contributed by atoms with Gasteiger partial charge in [-0.25, -0.2) is 4.98 Å². The molecule has 1 unspecified atom stereocenters. The average Bonchev–Trinajstić information content (AvgIpc) is 3.48. The van der Waals surface area contributed by atoms with Crippen molar-refractivity contribution in [2.75, 3.05) is 18.5 Å². The first-order valence-electron chi connectivity index (χ1n) is 13.2. The van der Waals surface area contributed by atoms with Crippen LogP contribution in [0.4, 0.5) is 5.00 Å². The van der Waals surface area contributed by atoms with E-state index in [-0.39, 0.29) is 17.8 Å². The Balaban J connectivity index is 1.26. The van der Waals surface area contributed by atoms with E-state index in [1.165, 1.54) is 11.3 Å². The van der Waals surface area contributed by atoms with Gasteiger partial charge < -0.3 is 19.4 Å². The second-order valence-corrected chi connectivity index (χ2v) is 10.7. The molecule has 0 fully saturated rings. The van der Waals surface area contributed by atoms with Crippen LogP contribution in [0.3, 0.4) is 0 Å². The number of nitrogens with one attached hydrogen (secondary N) is 1. The summed E-state index contributed by atoms with van der Waals surface area (Å²) in [6, 6.07) is 10.0. The van der Waals surface area contributed by atoms with Crippen LogP contribution in [0.5, 0.6) is 5.75 Å². The molecule has 200 valence electrons. The normalized spacial score (nSPS) is 14.4. The number of aromatic nitrogens is 2. The topological polar surface area (TPSA) is 106 Å². The molecule has 4 rings (SSSR count). The minimum Gasteiger partial charge on any atom is -0.494 e. The lowest BCUT2D eigenvalue weighted by Gasteiger charge is -2.21. The fourth-order valence-electron chi connectivity index (χ4n) is 4.73. The Morgan fingerprint density at radius 3 is 2.89 bits per heavy atom. The minimum atomic E-state index is -0.185. The summed E-state index contributed by atoms with van der Waals surface area (Å²) in [7, 11) is 0. The highest BCUT2D eigenvalue weighted by molar-refractivity contribution is 7.16. The van der Waals surface area contributed by atoms with Gasteiger partial charge in [0.2, 0.25) is 5.91 Å². The number of anilines is 1. The quantitative estimate of drug-likeness (QED) is 0.319. The molecular formula is C29H34N4O4S. The van der Waals surface area contributed by atoms with Gasteiger partial charge in [-0.05, 0) is 69.1 Å². The first-order chi connectivity index (χ1) is 18.5. The molecule has 2 heterocycles. The van der Waals surface area contributed by atoms with Crippen molar-refractivity contribution in [2.45, 2.75) is 65.3 Å². The van der Waals surface area contributed by atoms with Crippen molar-refractivity contribution >= 4 is 28.2 Å². The molecule has 0 spiro atoms. The Bertz CT molecular complexity index is 1310. The molecule has 38 heavy (non-hydrogen) atoms. The fourth-order valence-corrected chi connectivity index (χ4v) is 6.06. The molecule has 3 aromatic rings. The van der Waals surface area contributed by atoms with Crippen LogP contribution in [0.25, 0.3) is 0 Å². The van der Waals surface area contributed by atoms with Crippen LogP contribution in [0.1, 0.15) is 59.9 Å². The second-order valence-electron chi connectivity index (χ2n) is 9.56. The molecule has 0 radical (unpaired) electrons. The Morgan fingerprint density at radius 1 is 1.29 bits per heavy atom. The molecule has 0 saturated carbocycles. The predicted octanol–water partition coefficient (Wildman–Crippen LogP) is 5.22. The number of fused-ring (bicyclic) bond motifs is 1. The summed E-state index contributed by atoms with van der Waals surface area (Å²) in [5, 5.41) is 13.4. The van der Waals surface area contributed by atoms with Gasteiger partial charge >= 0.3 is 5.97 Å². The van der Waals surface area contributed by atoms with Crippen molar-refractivity contribution in [1.82, 2.24) is 9.55 Å². The Hall–Kier alpha value is -3.64. The summed E-state index contributed by atoms with van der Waals surface area (Å²) in [5.41, 5.74) is 3.54. The maximum atomic E-state index is 12.7. The van der Waals surface area contributed by atoms with Crippen LogP contribution in [-0.2, 0) is 40.1 Å². The third kappa shape index (κ3) is 7.23. The molecule has 1 amide bonds. The molecule has 0 bridgehead atoms. The molecule has 9 heteroatoms. The number of esters is 1. The van der Waals surface area contributed by atoms with Crippen LogP contribution in [0.2, 0.25) is 0 Å². The number of nitrogens with zero attached hydrogens (tertiary/aromatic N) is 3. The predicted molar refractivity (Wildman–Crippen MR) is 146 cm³/mol. The third-order valence-electron chi connectivity index (χ3n) is 6.67. The number of hydrogen-bond acceptors (Lipinski definition) is 7. The Kier molecular flexibility index (Phi) is 9.55. The molecule has 8 nitrogen and oxygen atoms in total. The van der Waals surface area contributed by atoms with Gasteiger partial charge in [-0.1, -0.05) is 18.2 Å². The molecule has 1 atom stereocenters. The minimum absolute atomic E-state index is 0.122. The zero-order valence-corrected chi connectivity index (χ0v) is 22.8. The number of nitriles is 1. The molecule has 0 saturated heterocycles. The largest absolute Gasteiger partial charge is 0.494 e. The lowest BCUT2D eigenvalue weighted by Crippen LogP contribution is -2.20. The van der Waals surface area contributed by atoms with Gasteiger partial charge in [0.15, 0.2) is 0 Å². The first kappa shape index (κ1) is 27.4. The molecule has 2 aromatic heterocycles. The number of hydrogen-bond donors (Lipinski definition) is 1. The zero-order valence-electron chi connectivity index (χ0n) is 22.0. The lowest BCUT2D eigenvalue weighted by atomic mass is 9.88. The zero-order chi connectivity index (χ0) is 26.9. The van der Waals surface area contributed by atoms with Crippen molar-refractivity contribution in [1.29, 1.82) is 5.26 Å². The Morgan fingerprint density at radius 2 is 2.13 bits per heavy atom. The van der Waals surface area contributed by atoms with Gasteiger partial charge in [0, 0.05) is 30.5 Å². The Labute approximate surface area is 227 Å². The monoisotopic (exact) mass is 534 g/mol. The molecule has 0 aliphatic heterocycles. The van der Waals surface area contributed by atoms with Gasteiger partial charge in [-0.2, -0.15) is 5.26 Å². The smallest absolute Gasteiger partial charge is 0.305 e. The summed E-state index contributed by atoms with van der Waals surface area (Å²) in [6.07, 6.45) is 8.01. The summed E-state index contributed by atoms with van der Waals surface area (Å²) >= 11 is 1.47. The summed E-state index contributed by atoms with van der Waals surface area (Å²) in [6.45, 7) is 5.56. The van der Waals surface area contributed by atoms with Crippen molar-refractivity contribution in [3.05, 3.63) is 64.1 Å². The standard InChI is InChI=1S/C29H34N4O4S/c1-3-36-25-8-5-4-7-22(25)11-13-27(34)32-29-24(16-30)23-12-10-21(15-26(23)38-29)18-37-28(35)9-6-14-33-17-20(2)31-19-33/h4-5,7-8,17,19,21H,3,6,9-15,18H2,1-2H3,(H,32,34). The van der Waals surface area contributed by atoms with Crippen LogP contribution < -0.4 is 10.1 Å². The van der Waals surface area contributed by atoms with E-state index in [1.807, 2.05) is 48.9 Å². The van der Waals surface area contributed by atoms with Crippen molar-refractivity contribution < 1.29 is 19.1 Å². The number of benzene rings is 1. The summed E-state index contributed by atoms with van der Waals surface area (Å²) in [4.78, 5) is 30.3. The van der Waals surface area contributed by atoms with Crippen molar-refractivity contribution in [3.8, 4) is 11.8 Å². The van der Waals surface area contributed by atoms with E-state index in [9.17, 15) is 14.9 Å². The number of carbonyl (C=O) groups excluding carboxylic acids is 2. The van der Waals surface area contributed by atoms with E-state index in [0.29, 0.717) is 49.5 Å². The van der Waals surface area contributed by atoms with Crippen LogP contribution in [0.15, 0.2) is 36.8 Å². The second kappa shape index (κ2) is 13.2. The van der Waals surface area contributed by atoms with Crippen LogP contribution in [0, 0.1) is 24.2 Å². The fraction of sp³-hybridized carbons (Fsp3) is 0.448. The van der Waals surface area contributed by atoms with Gasteiger partial charge in [-0.15, -0.1) is 11.3 Å². The van der Waals surface area contributed by atoms with Gasteiger partial charge in [-0.3, -0.25) is 9.59 Å². The SMILES string of the molecule is CCOc1ccccc1CCC(=O)Nc1sc2c(c1C#N)CCC(COC(=O)CCCn1cnc(C)c1)C2. The number of imidazole rings is 1. The van der Waals surface area contributed by atoms with E-state index in [0.717, 1.165) is 53.3 Å². The summed E-state index contributed by atoms with van der Waals surface area (Å²) < 4.78 is 13.2. The maximum absolute atomic E-state index is 12.7. The van der Waals surface area contributed by atoms with E-state index in [4.69, 9.17) is 9.47 Å². The third-order valence-corrected chi connectivity index (χ3v) is 7.84. The van der Waals surface area contributed by atoms with Gasteiger partial charge in [0.05, 0.1) is 30.8 Å². The number of amides is 1. The van der Waals surface area contributed by atoms with Gasteiger partial charge in [0.1, 0.15) is 16.8 Å². The van der Waals surface area contributed by atoms with Crippen molar-refractivity contribution in [2.24, 2.45) is 5.92 Å². The molecule has 1 aliphatic carbocycles. The highest BCUT2D eigenvalue weighted by Crippen LogP contribution is 2.39. The number of thiophene rings is 1. The average molecular weight is 535 g/mol. The molecule has 1 N–H and O–H groups in total. The number of carbonyl (C=O) groups is 2. The number of para-hydroxylation sites is 1. The first-order valence-corrected chi connectivity index (χ1v) is 14.0.